The zero-order valence-corrected chi connectivity index (χ0v) is 13.4. The van der Waals surface area contributed by atoms with Crippen molar-refractivity contribution in [2.24, 2.45) is 10.8 Å². The quantitative estimate of drug-likeness (QED) is 0.900. The lowest BCUT2D eigenvalue weighted by Gasteiger charge is -2.61. The second-order valence-electron chi connectivity index (χ2n) is 6.26. The van der Waals surface area contributed by atoms with E-state index < -0.39 is 28.6 Å². The Morgan fingerprint density at radius 1 is 1.12 bits per heavy atom. The van der Waals surface area contributed by atoms with Crippen molar-refractivity contribution >= 4 is 5.90 Å². The lowest BCUT2D eigenvalue weighted by Crippen LogP contribution is -2.73. The van der Waals surface area contributed by atoms with Crippen LogP contribution in [0.1, 0.15) is 31.7 Å². The van der Waals surface area contributed by atoms with Gasteiger partial charge in [0.05, 0.1) is 30.2 Å². The number of nitrogens with one attached hydrogen (secondary N) is 1. The molecule has 2 bridgehead atoms. The molecule has 3 heterocycles. The summed E-state index contributed by atoms with van der Waals surface area (Å²) in [5, 5.41) is 38.2. The molecule has 0 amide bonds. The summed E-state index contributed by atoms with van der Waals surface area (Å²) in [6.07, 6.45) is -0.366. The summed E-state index contributed by atoms with van der Waals surface area (Å²) in [5.41, 5.74) is -2.86. The summed E-state index contributed by atoms with van der Waals surface area (Å²) in [4.78, 5) is 0. The maximum absolute atomic E-state index is 10.0. The van der Waals surface area contributed by atoms with Crippen LogP contribution in [0.15, 0.2) is 30.3 Å². The largest absolute Gasteiger partial charge is 0.447 e. The van der Waals surface area contributed by atoms with Gasteiger partial charge >= 0.3 is 0 Å². The zero-order valence-electron chi connectivity index (χ0n) is 13.4. The van der Waals surface area contributed by atoms with Crippen LogP contribution < -0.4 is 0 Å². The van der Waals surface area contributed by atoms with Crippen LogP contribution in [0.3, 0.4) is 0 Å². The van der Waals surface area contributed by atoms with Crippen molar-refractivity contribution in [3.8, 4) is 18.2 Å². The molecule has 6 nitrogen and oxygen atoms in total. The first-order valence-electron chi connectivity index (χ1n) is 7.70. The summed E-state index contributed by atoms with van der Waals surface area (Å²) < 4.78 is 11.7. The van der Waals surface area contributed by atoms with E-state index in [1.54, 1.807) is 38.1 Å². The average molecular weight is 320 g/mol. The molecular formula is C18H16N4O2. The molecule has 3 aliphatic heterocycles. The normalized spacial score (nSPS) is 36.0. The summed E-state index contributed by atoms with van der Waals surface area (Å²) in [6, 6.07) is 15.2. The molecule has 0 unspecified atom stereocenters. The molecule has 120 valence electrons. The molecule has 3 aliphatic rings. The summed E-state index contributed by atoms with van der Waals surface area (Å²) >= 11 is 0. The van der Waals surface area contributed by atoms with Crippen molar-refractivity contribution in [1.82, 2.24) is 0 Å². The Kier molecular flexibility index (Phi) is 3.37. The van der Waals surface area contributed by atoms with Crippen LogP contribution in [0, 0.1) is 50.2 Å². The molecule has 4 atom stereocenters. The predicted molar refractivity (Wildman–Crippen MR) is 83.3 cm³/mol. The van der Waals surface area contributed by atoms with Gasteiger partial charge in [-0.1, -0.05) is 37.3 Å². The number of benzene rings is 1. The first-order chi connectivity index (χ1) is 11.5. The van der Waals surface area contributed by atoms with Crippen molar-refractivity contribution in [3.05, 3.63) is 35.9 Å². The minimum Gasteiger partial charge on any atom is -0.447 e. The molecule has 0 radical (unpaired) electrons. The molecule has 3 saturated heterocycles. The maximum atomic E-state index is 10.0. The van der Waals surface area contributed by atoms with Gasteiger partial charge in [-0.2, -0.15) is 15.8 Å². The van der Waals surface area contributed by atoms with Gasteiger partial charge in [0.15, 0.2) is 10.8 Å². The monoisotopic (exact) mass is 320 g/mol. The standard InChI is InChI=1S/C18H16N4O2/c1-3-13-18(11-21)15(22)24-16(2,23-13)14(17(18,9-19)10-20)12-7-5-4-6-8-12/h4-8,13-14,22H,3H2,1-2H3/t13-,14+,16-,18-/m0/s1. The van der Waals surface area contributed by atoms with Crippen molar-refractivity contribution < 1.29 is 9.47 Å². The number of rotatable bonds is 2. The number of ether oxygens (including phenoxy) is 2. The second kappa shape index (κ2) is 5.06. The predicted octanol–water partition coefficient (Wildman–Crippen LogP) is 2.85. The van der Waals surface area contributed by atoms with Crippen molar-refractivity contribution in [1.29, 1.82) is 21.2 Å². The van der Waals surface area contributed by atoms with Gasteiger partial charge in [0.1, 0.15) is 0 Å². The average Bonchev–Trinajstić information content (AvgIpc) is 2.60. The molecule has 0 spiro atoms. The van der Waals surface area contributed by atoms with Crippen molar-refractivity contribution in [3.63, 3.8) is 0 Å². The van der Waals surface area contributed by atoms with Gasteiger partial charge in [0, 0.05) is 6.92 Å². The van der Waals surface area contributed by atoms with Crippen molar-refractivity contribution in [2.75, 3.05) is 0 Å². The van der Waals surface area contributed by atoms with Crippen LogP contribution in [-0.2, 0) is 9.47 Å². The SMILES string of the molecule is CC[C@@H]1O[C@@]2(C)OC(=N)[C@@]1(C#N)C(C#N)(C#N)[C@@H]2c1ccccc1. The third-order valence-corrected chi connectivity index (χ3v) is 5.13. The van der Waals surface area contributed by atoms with Crippen LogP contribution in [0.4, 0.5) is 0 Å². The third-order valence-electron chi connectivity index (χ3n) is 5.13. The lowest BCUT2D eigenvalue weighted by molar-refractivity contribution is -0.319. The Hall–Kier alpha value is -2.88. The Bertz CT molecular complexity index is 802. The smallest absolute Gasteiger partial charge is 0.219 e. The minimum absolute atomic E-state index is 0.360. The highest BCUT2D eigenvalue weighted by atomic mass is 16.7. The van der Waals surface area contributed by atoms with E-state index in [1.165, 1.54) is 0 Å². The van der Waals surface area contributed by atoms with Gasteiger partial charge in [-0.3, -0.25) is 5.41 Å². The number of hydrogen-bond donors (Lipinski definition) is 1. The topological polar surface area (TPSA) is 114 Å². The Morgan fingerprint density at radius 3 is 2.25 bits per heavy atom. The summed E-state index contributed by atoms with van der Waals surface area (Å²) in [6.45, 7) is 3.43. The van der Waals surface area contributed by atoms with Crippen LogP contribution in [0.25, 0.3) is 0 Å². The number of fused-ring (bicyclic) bond motifs is 3. The maximum Gasteiger partial charge on any atom is 0.219 e. The fourth-order valence-corrected chi connectivity index (χ4v) is 4.13. The number of nitriles is 3. The van der Waals surface area contributed by atoms with E-state index in [4.69, 9.17) is 14.9 Å². The van der Waals surface area contributed by atoms with Crippen LogP contribution in [0.2, 0.25) is 0 Å². The van der Waals surface area contributed by atoms with Gasteiger partial charge in [-0.15, -0.1) is 0 Å². The van der Waals surface area contributed by atoms with E-state index in [0.29, 0.717) is 12.0 Å². The van der Waals surface area contributed by atoms with Gasteiger partial charge in [0.2, 0.25) is 11.7 Å². The Morgan fingerprint density at radius 2 is 1.75 bits per heavy atom. The fraction of sp³-hybridized carbons (Fsp3) is 0.444. The fourth-order valence-electron chi connectivity index (χ4n) is 4.13. The second-order valence-corrected chi connectivity index (χ2v) is 6.26. The number of hydrogen-bond acceptors (Lipinski definition) is 6. The third kappa shape index (κ3) is 1.58. The van der Waals surface area contributed by atoms with Gasteiger partial charge < -0.3 is 9.47 Å². The lowest BCUT2D eigenvalue weighted by atomic mass is 9.50. The van der Waals surface area contributed by atoms with E-state index >= 15 is 0 Å². The van der Waals surface area contributed by atoms with Crippen LogP contribution in [0.5, 0.6) is 0 Å². The van der Waals surface area contributed by atoms with Gasteiger partial charge in [-0.25, -0.2) is 0 Å². The van der Waals surface area contributed by atoms with E-state index in [9.17, 15) is 15.8 Å². The molecule has 1 aromatic carbocycles. The number of nitrogens with zero attached hydrogens (tertiary/aromatic N) is 3. The van der Waals surface area contributed by atoms with E-state index in [-0.39, 0.29) is 5.90 Å². The van der Waals surface area contributed by atoms with Crippen LogP contribution in [-0.4, -0.2) is 17.8 Å². The minimum atomic E-state index is -1.77. The highest BCUT2D eigenvalue weighted by Crippen LogP contribution is 2.65. The van der Waals surface area contributed by atoms with Crippen molar-refractivity contribution in [2.45, 2.75) is 38.1 Å². The molecule has 24 heavy (non-hydrogen) atoms. The first kappa shape index (κ1) is 16.0. The summed E-state index contributed by atoms with van der Waals surface area (Å²) in [7, 11) is 0. The van der Waals surface area contributed by atoms with Gasteiger partial charge in [0.25, 0.3) is 0 Å². The Labute approximate surface area is 140 Å². The molecular weight excluding hydrogens is 304 g/mol. The van der Waals surface area contributed by atoms with Crippen LogP contribution >= 0.6 is 0 Å². The van der Waals surface area contributed by atoms with Gasteiger partial charge in [-0.05, 0) is 12.0 Å². The molecule has 1 aromatic rings. The van der Waals surface area contributed by atoms with E-state index in [0.717, 1.165) is 0 Å². The zero-order chi connectivity index (χ0) is 17.6. The van der Waals surface area contributed by atoms with E-state index in [2.05, 4.69) is 12.1 Å². The molecule has 0 saturated carbocycles. The highest BCUT2D eigenvalue weighted by molar-refractivity contribution is 5.89. The molecule has 0 aromatic heterocycles. The molecule has 6 heteroatoms. The van der Waals surface area contributed by atoms with E-state index in [1.807, 2.05) is 12.1 Å². The first-order valence-corrected chi connectivity index (χ1v) is 7.70. The highest BCUT2D eigenvalue weighted by Gasteiger charge is 2.78. The summed E-state index contributed by atoms with van der Waals surface area (Å²) in [5.74, 6) is -2.53. The molecule has 1 N–H and O–H groups in total. The molecule has 3 fully saturated rings. The molecule has 0 aliphatic carbocycles. The Balaban J connectivity index is 2.37. The molecule has 4 rings (SSSR count).